The highest BCUT2D eigenvalue weighted by molar-refractivity contribution is 7.26. The van der Waals surface area contributed by atoms with E-state index in [1.807, 2.05) is 84.9 Å². The molecule has 0 radical (unpaired) electrons. The fraction of sp³-hybridized carbons (Fsp3) is 0. The second kappa shape index (κ2) is 14.7. The van der Waals surface area contributed by atoms with Gasteiger partial charge in [-0.15, -0.1) is 11.3 Å². The van der Waals surface area contributed by atoms with Crippen LogP contribution < -0.4 is 20.7 Å². The lowest BCUT2D eigenvalue weighted by molar-refractivity contribution is 1.18. The van der Waals surface area contributed by atoms with E-state index in [4.69, 9.17) is 9.60 Å². The lowest BCUT2D eigenvalue weighted by atomic mass is 10.1. The van der Waals surface area contributed by atoms with Crippen LogP contribution in [0.1, 0.15) is 31.5 Å². The Morgan fingerprint density at radius 2 is 0.891 bits per heavy atom. The average molecular weight is 872 g/mol. The molecule has 64 heavy (non-hydrogen) atoms. The summed E-state index contributed by atoms with van der Waals surface area (Å²) in [5, 5.41) is 0.255. The summed E-state index contributed by atoms with van der Waals surface area (Å²) in [7, 11) is -6.46. The molecule has 3 heterocycles. The molecule has 0 aliphatic carbocycles. The Morgan fingerprint density at radius 3 is 1.53 bits per heavy atom. The van der Waals surface area contributed by atoms with Crippen LogP contribution in [0, 0.1) is 0 Å². The average Bonchev–Trinajstić information content (AvgIpc) is 1.51. The summed E-state index contributed by atoms with van der Waals surface area (Å²) in [5.74, 6) is 0. The summed E-state index contributed by atoms with van der Waals surface area (Å²) >= 11 is 1.46. The van der Waals surface area contributed by atoms with E-state index in [1.165, 1.54) is 15.9 Å². The van der Waals surface area contributed by atoms with E-state index in [0.717, 1.165) is 36.9 Å². The van der Waals surface area contributed by atoms with Crippen molar-refractivity contribution in [2.75, 3.05) is 0 Å². The van der Waals surface area contributed by atoms with Gasteiger partial charge < -0.3 is 9.13 Å². The molecule has 2 nitrogen and oxygen atoms in total. The van der Waals surface area contributed by atoms with Crippen LogP contribution in [0.15, 0.2) is 242 Å². The van der Waals surface area contributed by atoms with E-state index < -0.39 is 185 Å². The maximum Gasteiger partial charge on any atom is 0.179 e. The van der Waals surface area contributed by atoms with E-state index in [9.17, 15) is 21.9 Å². The zero-order valence-electron chi connectivity index (χ0n) is 56.1. The van der Waals surface area contributed by atoms with E-state index in [1.54, 1.807) is 18.2 Å². The molecule has 0 amide bonds. The summed E-state index contributed by atoms with van der Waals surface area (Å²) in [6, 6.07) is 7.65. The Bertz CT molecular complexity index is 5090. The molecule has 0 saturated heterocycles. The summed E-state index contributed by atoms with van der Waals surface area (Å²) in [5.41, 5.74) is 0.817. The molecule has 0 spiro atoms. The second-order valence-corrected chi connectivity index (χ2v) is 19.6. The minimum Gasteiger partial charge on any atom is -0.309 e. The first-order valence-corrected chi connectivity index (χ1v) is 23.0. The molecule has 300 valence electrons. The quantitative estimate of drug-likeness (QED) is 0.112. The highest BCUT2D eigenvalue weighted by Crippen LogP contribution is 2.47. The van der Waals surface area contributed by atoms with Crippen LogP contribution in [0.3, 0.4) is 0 Å². The van der Waals surface area contributed by atoms with Crippen LogP contribution in [0.5, 0.6) is 0 Å². The third-order valence-electron chi connectivity index (χ3n) is 11.8. The van der Waals surface area contributed by atoms with Gasteiger partial charge in [0.25, 0.3) is 0 Å². The Labute approximate surface area is 408 Å². The van der Waals surface area contributed by atoms with Crippen LogP contribution >= 0.6 is 11.3 Å². The molecule has 0 saturated carbocycles. The SMILES string of the molecule is [2H]c1c([2H])c([2H])c(-c2c([2H])c([2H])c([2H])c([Si](c3c([2H])c([2H])c([2H])c([2H])c3[2H])(c3c([2H])c([2H])c([2H])c([2H])c3[2H])c3c([2H])c([2H])c([2H])c(-n4c5ccccc5c5cc(-n6c7ccccc7c7ccccc76)c6sc7ccccc7c6c54)c3[2H])c2[2H])c([2H])c1[2H]. The van der Waals surface area contributed by atoms with Crippen molar-refractivity contribution in [2.45, 2.75) is 0 Å². The fourth-order valence-corrected chi connectivity index (χ4v) is 14.0. The molecule has 0 aliphatic rings. The van der Waals surface area contributed by atoms with Gasteiger partial charge in [0.15, 0.2) is 8.07 Å². The first kappa shape index (κ1) is 20.6. The Hall–Kier alpha value is -7.76. The van der Waals surface area contributed by atoms with Crippen molar-refractivity contribution in [3.8, 4) is 22.5 Å². The number of para-hydroxylation sites is 3. The van der Waals surface area contributed by atoms with Crippen molar-refractivity contribution < 1.29 is 31.5 Å². The second-order valence-electron chi connectivity index (χ2n) is 15.0. The van der Waals surface area contributed by atoms with E-state index in [-0.39, 0.29) is 0 Å². The Kier molecular flexibility index (Phi) is 4.73. The number of rotatable bonds is 7. The van der Waals surface area contributed by atoms with Gasteiger partial charge in [-0.2, -0.15) is 0 Å². The molecule has 0 atom stereocenters. The molecule has 13 aromatic rings. The van der Waals surface area contributed by atoms with Crippen LogP contribution in [-0.4, -0.2) is 17.2 Å². The van der Waals surface area contributed by atoms with Crippen molar-refractivity contribution in [1.82, 2.24) is 9.13 Å². The number of hydrogen-bond acceptors (Lipinski definition) is 1. The predicted octanol–water partition coefficient (Wildman–Crippen LogP) is 13.3. The number of thiophene rings is 1. The maximum atomic E-state index is 11.0. The summed E-state index contributed by atoms with van der Waals surface area (Å²) in [4.78, 5) is 0. The molecule has 10 aromatic carbocycles. The molecular formula is C60H40N2SSi. The minimum absolute atomic E-state index is 0.309. The number of benzene rings is 10. The highest BCUT2D eigenvalue weighted by atomic mass is 32.1. The van der Waals surface area contributed by atoms with Crippen molar-refractivity contribution >= 4 is 104 Å². The van der Waals surface area contributed by atoms with E-state index in [0.29, 0.717) is 32.6 Å². The van der Waals surface area contributed by atoms with Crippen LogP contribution in [0.25, 0.3) is 86.3 Å². The molecule has 0 unspecified atom stereocenters. The van der Waals surface area contributed by atoms with Gasteiger partial charge in [-0.05, 0) is 74.3 Å². The minimum atomic E-state index is -6.46. The Morgan fingerprint density at radius 1 is 0.406 bits per heavy atom. The van der Waals surface area contributed by atoms with Gasteiger partial charge in [-0.1, -0.05) is 200 Å². The van der Waals surface area contributed by atoms with E-state index >= 15 is 0 Å². The lowest BCUT2D eigenvalue weighted by Crippen LogP contribution is -2.74. The molecule has 0 fully saturated rings. The third-order valence-corrected chi connectivity index (χ3v) is 17.0. The molecule has 0 aliphatic heterocycles. The summed E-state index contributed by atoms with van der Waals surface area (Å²) in [6.45, 7) is 0. The lowest BCUT2D eigenvalue weighted by Gasteiger charge is -2.35. The summed E-state index contributed by atoms with van der Waals surface area (Å²) < 4.78 is 223. The van der Waals surface area contributed by atoms with Gasteiger partial charge in [0, 0.05) is 42.7 Å². The van der Waals surface area contributed by atoms with Crippen molar-refractivity contribution in [3.05, 3.63) is 242 Å². The van der Waals surface area contributed by atoms with Crippen LogP contribution in [-0.2, 0) is 0 Å². The highest BCUT2D eigenvalue weighted by Gasteiger charge is 2.42. The van der Waals surface area contributed by atoms with Gasteiger partial charge in [0.2, 0.25) is 0 Å². The monoisotopic (exact) mass is 871 g/mol. The molecule has 13 rings (SSSR count). The van der Waals surface area contributed by atoms with Crippen LogP contribution in [0.4, 0.5) is 0 Å². The first-order valence-electron chi connectivity index (χ1n) is 31.6. The van der Waals surface area contributed by atoms with E-state index in [2.05, 4.69) is 4.57 Å². The first-order chi connectivity index (χ1) is 41.3. The number of nitrogens with zero attached hydrogens (tertiary/aromatic N) is 2. The zero-order valence-corrected chi connectivity index (χ0v) is 34.9. The van der Waals surface area contributed by atoms with Crippen molar-refractivity contribution in [2.24, 2.45) is 0 Å². The molecule has 0 N–H and O–H groups in total. The van der Waals surface area contributed by atoms with Crippen LogP contribution in [0.2, 0.25) is 0 Å². The molecule has 0 bridgehead atoms. The van der Waals surface area contributed by atoms with Gasteiger partial charge >= 0.3 is 0 Å². The van der Waals surface area contributed by atoms with Gasteiger partial charge in [-0.3, -0.25) is 0 Å². The fourth-order valence-electron chi connectivity index (χ4n) is 9.19. The normalized spacial score (nSPS) is 17.1. The zero-order chi connectivity index (χ0) is 62.2. The largest absolute Gasteiger partial charge is 0.309 e. The topological polar surface area (TPSA) is 9.86 Å². The predicted molar refractivity (Wildman–Crippen MR) is 277 cm³/mol. The van der Waals surface area contributed by atoms with Crippen molar-refractivity contribution in [3.63, 3.8) is 0 Å². The molecule has 3 aromatic heterocycles. The van der Waals surface area contributed by atoms with Gasteiger partial charge in [-0.25, -0.2) is 0 Å². The summed E-state index contributed by atoms with van der Waals surface area (Å²) in [6.07, 6.45) is 0. The van der Waals surface area contributed by atoms with Gasteiger partial charge in [0.1, 0.15) is 0 Å². The maximum absolute atomic E-state index is 11.0. The number of fused-ring (bicyclic) bond motifs is 10. The van der Waals surface area contributed by atoms with Gasteiger partial charge in [0.05, 0.1) is 64.0 Å². The standard InChI is InChI=1S/C60H40N2SSi/c1-4-20-41(21-5-1)42-22-18-28-46(38-42)64(44-24-6-2-7-25-44,45-26-8-3-9-27-45)47-29-19-23-43(39-47)61-53-34-14-12-32-50(53)52-40-56(60-58(59(52)61)51-33-13-17-37-57(51)63-60)62-54-35-15-10-30-48(54)49-31-11-16-36-55(49)62/h1-40H/i1D,2D,3D,4D,5D,6D,7D,8D,9D,18D,19D,20D,21D,22D,23D,24D,25D,26D,27D,28D,29D,38D,39D. The number of aromatic nitrogens is 2. The number of hydrogen-bond donors (Lipinski definition) is 0. The van der Waals surface area contributed by atoms with Crippen molar-refractivity contribution in [1.29, 1.82) is 0 Å². The molecule has 4 heteroatoms. The third kappa shape index (κ3) is 5.43. The Balaban J connectivity index is 1.31. The smallest absolute Gasteiger partial charge is 0.179 e. The molecular weight excluding hydrogens is 809 g/mol.